The normalized spacial score (nSPS) is 26.4. The van der Waals surface area contributed by atoms with Gasteiger partial charge < -0.3 is 10.2 Å². The fourth-order valence-corrected chi connectivity index (χ4v) is 2.39. The zero-order valence-corrected chi connectivity index (χ0v) is 11.7. The molecule has 17 heavy (non-hydrogen) atoms. The molecular weight excluding hydrogens is 216 g/mol. The highest BCUT2D eigenvalue weighted by molar-refractivity contribution is 5.97. The van der Waals surface area contributed by atoms with Gasteiger partial charge in [-0.3, -0.25) is 9.59 Å². The standard InChI is InChI=1S/C13H24N2O2/c1-7-9-12(17)15(8(2)3)10(11(16)14-9)13(4,5)6/h8-10H,7H2,1-6H3,(H,14,16). The van der Waals surface area contributed by atoms with Crippen molar-refractivity contribution in [1.82, 2.24) is 10.2 Å². The van der Waals surface area contributed by atoms with Gasteiger partial charge in [-0.15, -0.1) is 0 Å². The van der Waals surface area contributed by atoms with Gasteiger partial charge in [-0.1, -0.05) is 27.7 Å². The van der Waals surface area contributed by atoms with Gasteiger partial charge in [0.2, 0.25) is 11.8 Å². The van der Waals surface area contributed by atoms with Crippen LogP contribution in [0.3, 0.4) is 0 Å². The number of nitrogens with zero attached hydrogens (tertiary/aromatic N) is 1. The Morgan fingerprint density at radius 3 is 2.18 bits per heavy atom. The van der Waals surface area contributed by atoms with Gasteiger partial charge in [0.1, 0.15) is 12.1 Å². The van der Waals surface area contributed by atoms with E-state index >= 15 is 0 Å². The van der Waals surface area contributed by atoms with Crippen LogP contribution in [-0.4, -0.2) is 34.8 Å². The second kappa shape index (κ2) is 4.67. The van der Waals surface area contributed by atoms with Crippen LogP contribution in [0, 0.1) is 5.41 Å². The maximum Gasteiger partial charge on any atom is 0.246 e. The number of amides is 2. The molecule has 1 heterocycles. The number of nitrogens with one attached hydrogen (secondary N) is 1. The van der Waals surface area contributed by atoms with Crippen LogP contribution in [0.15, 0.2) is 0 Å². The van der Waals surface area contributed by atoms with Crippen molar-refractivity contribution in [3.8, 4) is 0 Å². The molecule has 1 N–H and O–H groups in total. The summed E-state index contributed by atoms with van der Waals surface area (Å²) in [6.45, 7) is 11.8. The zero-order chi connectivity index (χ0) is 13.4. The van der Waals surface area contributed by atoms with Crippen molar-refractivity contribution in [2.75, 3.05) is 0 Å². The molecule has 1 aliphatic heterocycles. The summed E-state index contributed by atoms with van der Waals surface area (Å²) < 4.78 is 0. The van der Waals surface area contributed by atoms with E-state index in [-0.39, 0.29) is 35.4 Å². The zero-order valence-electron chi connectivity index (χ0n) is 11.7. The Hall–Kier alpha value is -1.06. The quantitative estimate of drug-likeness (QED) is 0.796. The number of rotatable bonds is 2. The highest BCUT2D eigenvalue weighted by Crippen LogP contribution is 2.29. The maximum absolute atomic E-state index is 12.3. The van der Waals surface area contributed by atoms with E-state index in [4.69, 9.17) is 0 Å². The molecule has 0 bridgehead atoms. The summed E-state index contributed by atoms with van der Waals surface area (Å²) in [6, 6.07) is -0.687. The van der Waals surface area contributed by atoms with Crippen molar-refractivity contribution in [3.05, 3.63) is 0 Å². The van der Waals surface area contributed by atoms with Crippen LogP contribution in [0.25, 0.3) is 0 Å². The molecule has 4 heteroatoms. The van der Waals surface area contributed by atoms with Crippen molar-refractivity contribution in [2.45, 2.75) is 66.1 Å². The lowest BCUT2D eigenvalue weighted by atomic mass is 9.82. The summed E-state index contributed by atoms with van der Waals surface area (Å²) in [7, 11) is 0. The minimum Gasteiger partial charge on any atom is -0.342 e. The van der Waals surface area contributed by atoms with E-state index in [0.29, 0.717) is 6.42 Å². The molecule has 1 fully saturated rings. The number of carbonyl (C=O) groups excluding carboxylic acids is 2. The third-order valence-electron chi connectivity index (χ3n) is 3.18. The Kier molecular flexibility index (Phi) is 3.84. The fourth-order valence-electron chi connectivity index (χ4n) is 2.39. The Labute approximate surface area is 104 Å². The van der Waals surface area contributed by atoms with E-state index in [1.807, 2.05) is 41.5 Å². The average Bonchev–Trinajstić information content (AvgIpc) is 2.17. The van der Waals surface area contributed by atoms with E-state index in [9.17, 15) is 9.59 Å². The fraction of sp³-hybridized carbons (Fsp3) is 0.846. The van der Waals surface area contributed by atoms with Gasteiger partial charge in [0.25, 0.3) is 0 Å². The van der Waals surface area contributed by atoms with Gasteiger partial charge >= 0.3 is 0 Å². The monoisotopic (exact) mass is 240 g/mol. The molecule has 0 aromatic carbocycles. The largest absolute Gasteiger partial charge is 0.342 e. The Balaban J connectivity index is 3.12. The van der Waals surface area contributed by atoms with Gasteiger partial charge in [0.15, 0.2) is 0 Å². The van der Waals surface area contributed by atoms with Gasteiger partial charge in [0.05, 0.1) is 0 Å². The van der Waals surface area contributed by atoms with Crippen LogP contribution < -0.4 is 5.32 Å². The molecule has 0 saturated carbocycles. The molecule has 1 rings (SSSR count). The lowest BCUT2D eigenvalue weighted by Crippen LogP contribution is -2.68. The molecule has 2 unspecified atom stereocenters. The SMILES string of the molecule is CCC1NC(=O)C(C(C)(C)C)N(C(C)C)C1=O. The topological polar surface area (TPSA) is 49.4 Å². The average molecular weight is 240 g/mol. The van der Waals surface area contributed by atoms with Crippen LogP contribution >= 0.6 is 0 Å². The van der Waals surface area contributed by atoms with Crippen LogP contribution in [0.2, 0.25) is 0 Å². The van der Waals surface area contributed by atoms with Gasteiger partial charge in [-0.2, -0.15) is 0 Å². The van der Waals surface area contributed by atoms with Crippen molar-refractivity contribution in [2.24, 2.45) is 5.41 Å². The van der Waals surface area contributed by atoms with Crippen molar-refractivity contribution >= 4 is 11.8 Å². The molecule has 0 aromatic rings. The second-order valence-corrected chi connectivity index (χ2v) is 6.08. The van der Waals surface area contributed by atoms with Crippen molar-refractivity contribution in [1.29, 1.82) is 0 Å². The first kappa shape index (κ1) is 14.0. The minimum atomic E-state index is -0.377. The summed E-state index contributed by atoms with van der Waals surface area (Å²) in [4.78, 5) is 26.2. The number of carbonyl (C=O) groups is 2. The van der Waals surface area contributed by atoms with Gasteiger partial charge in [-0.05, 0) is 25.7 Å². The molecular formula is C13H24N2O2. The van der Waals surface area contributed by atoms with Crippen LogP contribution in [0.4, 0.5) is 0 Å². The summed E-state index contributed by atoms with van der Waals surface area (Å²) in [6.07, 6.45) is 0.644. The van der Waals surface area contributed by atoms with Crippen LogP contribution in [0.5, 0.6) is 0 Å². The molecule has 0 aliphatic carbocycles. The molecule has 0 aromatic heterocycles. The van der Waals surface area contributed by atoms with Gasteiger partial charge in [0, 0.05) is 6.04 Å². The van der Waals surface area contributed by atoms with Gasteiger partial charge in [-0.25, -0.2) is 0 Å². The number of hydrogen-bond acceptors (Lipinski definition) is 2. The van der Waals surface area contributed by atoms with Crippen LogP contribution in [0.1, 0.15) is 48.0 Å². The lowest BCUT2D eigenvalue weighted by molar-refractivity contribution is -0.156. The number of hydrogen-bond donors (Lipinski definition) is 1. The first-order valence-corrected chi connectivity index (χ1v) is 6.32. The smallest absolute Gasteiger partial charge is 0.246 e. The molecule has 0 spiro atoms. The van der Waals surface area contributed by atoms with Crippen molar-refractivity contribution < 1.29 is 9.59 Å². The molecule has 98 valence electrons. The summed E-state index contributed by atoms with van der Waals surface area (Å²) in [5.74, 6) is 0.0136. The molecule has 2 amide bonds. The van der Waals surface area contributed by atoms with E-state index in [1.54, 1.807) is 4.90 Å². The third kappa shape index (κ3) is 2.61. The van der Waals surface area contributed by atoms with Crippen LogP contribution in [-0.2, 0) is 9.59 Å². The summed E-state index contributed by atoms with van der Waals surface area (Å²) in [5.41, 5.74) is -0.247. The third-order valence-corrected chi connectivity index (χ3v) is 3.18. The summed E-state index contributed by atoms with van der Waals surface area (Å²) >= 11 is 0. The maximum atomic E-state index is 12.3. The predicted octanol–water partition coefficient (Wildman–Crippen LogP) is 1.55. The second-order valence-electron chi connectivity index (χ2n) is 6.08. The first-order valence-electron chi connectivity index (χ1n) is 6.32. The predicted molar refractivity (Wildman–Crippen MR) is 67.4 cm³/mol. The minimum absolute atomic E-state index is 0.0300. The summed E-state index contributed by atoms with van der Waals surface area (Å²) in [5, 5.41) is 2.83. The molecule has 1 saturated heterocycles. The Morgan fingerprint density at radius 1 is 1.29 bits per heavy atom. The van der Waals surface area contributed by atoms with E-state index in [0.717, 1.165) is 0 Å². The van der Waals surface area contributed by atoms with Crippen molar-refractivity contribution in [3.63, 3.8) is 0 Å². The highest BCUT2D eigenvalue weighted by Gasteiger charge is 2.46. The first-order chi connectivity index (χ1) is 7.70. The number of piperazine rings is 1. The van der Waals surface area contributed by atoms with E-state index in [2.05, 4.69) is 5.32 Å². The Morgan fingerprint density at radius 2 is 1.82 bits per heavy atom. The molecule has 0 radical (unpaired) electrons. The lowest BCUT2D eigenvalue weighted by Gasteiger charge is -2.46. The van der Waals surface area contributed by atoms with E-state index in [1.165, 1.54) is 0 Å². The van der Waals surface area contributed by atoms with E-state index < -0.39 is 0 Å². The highest BCUT2D eigenvalue weighted by atomic mass is 16.2. The molecule has 4 nitrogen and oxygen atoms in total. The Bertz CT molecular complexity index is 318. The molecule has 2 atom stereocenters. The molecule has 1 aliphatic rings.